The second-order valence-corrected chi connectivity index (χ2v) is 7.27. The van der Waals surface area contributed by atoms with Gasteiger partial charge in [0.2, 0.25) is 0 Å². The number of ether oxygens (including phenoxy) is 2. The van der Waals surface area contributed by atoms with Crippen LogP contribution >= 0.6 is 24.0 Å². The molecule has 0 spiro atoms. The first-order valence-corrected chi connectivity index (χ1v) is 9.27. The number of guanidine groups is 1. The van der Waals surface area contributed by atoms with E-state index in [0.717, 1.165) is 24.0 Å². The molecule has 0 aromatic heterocycles. The SMILES string of the molecule is CCNC(=NCC(C)(C)c1ccc(OC)c(OC)c1)NC1CCCC1.I. The second-order valence-electron chi connectivity index (χ2n) is 7.27. The molecule has 0 heterocycles. The number of halogens is 1. The molecule has 148 valence electrons. The maximum atomic E-state index is 5.44. The van der Waals surface area contributed by atoms with Gasteiger partial charge in [-0.1, -0.05) is 32.8 Å². The summed E-state index contributed by atoms with van der Waals surface area (Å²) in [6, 6.07) is 6.66. The minimum absolute atomic E-state index is 0. The van der Waals surface area contributed by atoms with E-state index in [1.165, 1.54) is 31.2 Å². The van der Waals surface area contributed by atoms with Crippen LogP contribution in [0.1, 0.15) is 52.0 Å². The third-order valence-electron chi connectivity index (χ3n) is 4.84. The molecule has 5 nitrogen and oxygen atoms in total. The molecule has 1 aliphatic rings. The van der Waals surface area contributed by atoms with Crippen molar-refractivity contribution in [3.63, 3.8) is 0 Å². The Morgan fingerprint density at radius 2 is 1.81 bits per heavy atom. The number of nitrogens with zero attached hydrogens (tertiary/aromatic N) is 1. The summed E-state index contributed by atoms with van der Waals surface area (Å²) in [7, 11) is 3.33. The summed E-state index contributed by atoms with van der Waals surface area (Å²) >= 11 is 0. The third-order valence-corrected chi connectivity index (χ3v) is 4.84. The molecule has 0 unspecified atom stereocenters. The summed E-state index contributed by atoms with van der Waals surface area (Å²) in [6.45, 7) is 8.08. The number of hydrogen-bond donors (Lipinski definition) is 2. The van der Waals surface area contributed by atoms with Gasteiger partial charge >= 0.3 is 0 Å². The molecular weight excluding hydrogens is 441 g/mol. The lowest BCUT2D eigenvalue weighted by molar-refractivity contribution is 0.353. The molecule has 1 aliphatic carbocycles. The predicted molar refractivity (Wildman–Crippen MR) is 119 cm³/mol. The van der Waals surface area contributed by atoms with Crippen LogP contribution in [-0.4, -0.2) is 39.3 Å². The number of rotatable bonds is 7. The molecule has 2 rings (SSSR count). The van der Waals surface area contributed by atoms with Crippen LogP contribution in [0.25, 0.3) is 0 Å². The number of aliphatic imine (C=N–C) groups is 1. The Balaban J connectivity index is 0.00000338. The molecule has 0 radical (unpaired) electrons. The van der Waals surface area contributed by atoms with E-state index in [0.29, 0.717) is 12.6 Å². The molecule has 0 bridgehead atoms. The maximum absolute atomic E-state index is 5.44. The van der Waals surface area contributed by atoms with E-state index in [-0.39, 0.29) is 29.4 Å². The van der Waals surface area contributed by atoms with E-state index >= 15 is 0 Å². The zero-order valence-electron chi connectivity index (χ0n) is 16.7. The molecule has 0 saturated heterocycles. The van der Waals surface area contributed by atoms with Crippen molar-refractivity contribution >= 4 is 29.9 Å². The van der Waals surface area contributed by atoms with Gasteiger partial charge in [-0.25, -0.2) is 0 Å². The van der Waals surface area contributed by atoms with Crippen molar-refractivity contribution in [2.24, 2.45) is 4.99 Å². The molecule has 1 saturated carbocycles. The van der Waals surface area contributed by atoms with Crippen molar-refractivity contribution in [3.8, 4) is 11.5 Å². The molecule has 26 heavy (non-hydrogen) atoms. The molecule has 0 aliphatic heterocycles. The lowest BCUT2D eigenvalue weighted by atomic mass is 9.84. The van der Waals surface area contributed by atoms with E-state index in [9.17, 15) is 0 Å². The molecule has 1 aromatic rings. The van der Waals surface area contributed by atoms with Crippen LogP contribution in [0.3, 0.4) is 0 Å². The minimum atomic E-state index is -0.0996. The first kappa shape index (κ1) is 22.9. The number of nitrogens with one attached hydrogen (secondary N) is 2. The maximum Gasteiger partial charge on any atom is 0.191 e. The Morgan fingerprint density at radius 3 is 2.38 bits per heavy atom. The molecule has 6 heteroatoms. The van der Waals surface area contributed by atoms with Crippen LogP contribution in [-0.2, 0) is 5.41 Å². The molecule has 2 N–H and O–H groups in total. The molecule has 0 amide bonds. The Labute approximate surface area is 175 Å². The highest BCUT2D eigenvalue weighted by molar-refractivity contribution is 14.0. The highest BCUT2D eigenvalue weighted by Gasteiger charge is 2.23. The van der Waals surface area contributed by atoms with Crippen LogP contribution in [0, 0.1) is 0 Å². The fraction of sp³-hybridized carbons (Fsp3) is 0.650. The van der Waals surface area contributed by atoms with Crippen molar-refractivity contribution in [2.75, 3.05) is 27.3 Å². The average Bonchev–Trinajstić information content (AvgIpc) is 3.12. The fourth-order valence-electron chi connectivity index (χ4n) is 3.21. The summed E-state index contributed by atoms with van der Waals surface area (Å²) < 4.78 is 10.8. The lowest BCUT2D eigenvalue weighted by Crippen LogP contribution is -2.43. The van der Waals surface area contributed by atoms with Gasteiger partial charge in [0.1, 0.15) is 0 Å². The van der Waals surface area contributed by atoms with Crippen molar-refractivity contribution in [2.45, 2.75) is 57.9 Å². The third kappa shape index (κ3) is 6.21. The van der Waals surface area contributed by atoms with E-state index in [1.807, 2.05) is 12.1 Å². The second kappa shape index (κ2) is 10.8. The quantitative estimate of drug-likeness (QED) is 0.354. The first-order chi connectivity index (χ1) is 12.0. The van der Waals surface area contributed by atoms with Gasteiger partial charge in [-0.15, -0.1) is 24.0 Å². The zero-order chi connectivity index (χ0) is 18.3. The Kier molecular flexibility index (Phi) is 9.54. The summed E-state index contributed by atoms with van der Waals surface area (Å²) in [4.78, 5) is 4.85. The van der Waals surface area contributed by atoms with Crippen molar-refractivity contribution in [3.05, 3.63) is 23.8 Å². The zero-order valence-corrected chi connectivity index (χ0v) is 19.1. The number of methoxy groups -OCH3 is 2. The van der Waals surface area contributed by atoms with Crippen molar-refractivity contribution in [1.82, 2.24) is 10.6 Å². The fourth-order valence-corrected chi connectivity index (χ4v) is 3.21. The largest absolute Gasteiger partial charge is 0.493 e. The van der Waals surface area contributed by atoms with Crippen LogP contribution < -0.4 is 20.1 Å². The first-order valence-electron chi connectivity index (χ1n) is 9.27. The van der Waals surface area contributed by atoms with Gasteiger partial charge in [-0.05, 0) is 37.5 Å². The van der Waals surface area contributed by atoms with Crippen LogP contribution in [0.15, 0.2) is 23.2 Å². The number of benzene rings is 1. The normalized spacial score (nSPS) is 15.3. The van der Waals surface area contributed by atoms with Gasteiger partial charge in [0.25, 0.3) is 0 Å². The smallest absolute Gasteiger partial charge is 0.191 e. The van der Waals surface area contributed by atoms with Crippen LogP contribution in [0.4, 0.5) is 0 Å². The van der Waals surface area contributed by atoms with Gasteiger partial charge in [0.05, 0.1) is 20.8 Å². The number of hydrogen-bond acceptors (Lipinski definition) is 3. The van der Waals surface area contributed by atoms with Gasteiger partial charge in [-0.2, -0.15) is 0 Å². The van der Waals surface area contributed by atoms with Crippen molar-refractivity contribution < 1.29 is 9.47 Å². The van der Waals surface area contributed by atoms with E-state index < -0.39 is 0 Å². The summed E-state index contributed by atoms with van der Waals surface area (Å²) in [5.41, 5.74) is 1.09. The Hall–Kier alpha value is -1.18. The Morgan fingerprint density at radius 1 is 1.15 bits per heavy atom. The molecule has 1 aromatic carbocycles. The minimum Gasteiger partial charge on any atom is -0.493 e. The van der Waals surface area contributed by atoms with Gasteiger partial charge in [-0.3, -0.25) is 4.99 Å². The highest BCUT2D eigenvalue weighted by Crippen LogP contribution is 2.33. The molecular formula is C20H34IN3O2. The lowest BCUT2D eigenvalue weighted by Gasteiger charge is -2.25. The van der Waals surface area contributed by atoms with Crippen LogP contribution in [0.2, 0.25) is 0 Å². The monoisotopic (exact) mass is 475 g/mol. The van der Waals surface area contributed by atoms with Gasteiger partial charge < -0.3 is 20.1 Å². The van der Waals surface area contributed by atoms with Crippen LogP contribution in [0.5, 0.6) is 11.5 Å². The van der Waals surface area contributed by atoms with Crippen molar-refractivity contribution in [1.29, 1.82) is 0 Å². The molecule has 0 atom stereocenters. The highest BCUT2D eigenvalue weighted by atomic mass is 127. The summed E-state index contributed by atoms with van der Waals surface area (Å²) in [5.74, 6) is 2.43. The standard InChI is InChI=1S/C20H33N3O2.HI/c1-6-21-19(23-16-9-7-8-10-16)22-14-20(2,3)15-11-12-17(24-4)18(13-15)25-5;/h11-13,16H,6-10,14H2,1-5H3,(H2,21,22,23);1H. The van der Waals surface area contributed by atoms with Gasteiger partial charge in [0.15, 0.2) is 17.5 Å². The van der Waals surface area contributed by atoms with E-state index in [4.69, 9.17) is 14.5 Å². The summed E-state index contributed by atoms with van der Waals surface area (Å²) in [6.07, 6.45) is 5.11. The topological polar surface area (TPSA) is 54.9 Å². The Bertz CT molecular complexity index is 584. The molecule has 1 fully saturated rings. The average molecular weight is 475 g/mol. The van der Waals surface area contributed by atoms with E-state index in [1.54, 1.807) is 14.2 Å². The van der Waals surface area contributed by atoms with Gasteiger partial charge in [0, 0.05) is 18.0 Å². The summed E-state index contributed by atoms with van der Waals surface area (Å²) in [5, 5.41) is 6.94. The predicted octanol–water partition coefficient (Wildman–Crippen LogP) is 4.10. The van der Waals surface area contributed by atoms with E-state index in [2.05, 4.69) is 37.5 Å².